The monoisotopic (exact) mass is 290 g/mol. The Bertz CT molecular complexity index is 522. The molecular weight excluding hydrogens is 268 g/mol. The number of hydrogen-bond donors (Lipinski definition) is 2. The number of rotatable bonds is 7. The molecule has 6 nitrogen and oxygen atoms in total. The minimum absolute atomic E-state index is 0.124. The van der Waals surface area contributed by atoms with Gasteiger partial charge in [-0.15, -0.1) is 0 Å². The fraction of sp³-hybridized carbons (Fsp3) is 0.667. The molecule has 0 radical (unpaired) electrons. The SMILES string of the molecule is CCOCC(C)NS(=O)(=O)c1c(C)oc(C)c1CN. The van der Waals surface area contributed by atoms with Crippen LogP contribution in [0.4, 0.5) is 0 Å². The molecule has 1 heterocycles. The van der Waals surface area contributed by atoms with Crippen LogP contribution >= 0.6 is 0 Å². The van der Waals surface area contributed by atoms with Gasteiger partial charge in [-0.05, 0) is 27.7 Å². The lowest BCUT2D eigenvalue weighted by molar-refractivity contribution is 0.133. The highest BCUT2D eigenvalue weighted by Gasteiger charge is 2.27. The smallest absolute Gasteiger partial charge is 0.244 e. The van der Waals surface area contributed by atoms with E-state index in [9.17, 15) is 8.42 Å². The van der Waals surface area contributed by atoms with Crippen molar-refractivity contribution in [3.63, 3.8) is 0 Å². The molecular formula is C12H22N2O4S. The number of aryl methyl sites for hydroxylation is 2. The van der Waals surface area contributed by atoms with Crippen LogP contribution in [0.15, 0.2) is 9.31 Å². The second-order valence-electron chi connectivity index (χ2n) is 4.41. The van der Waals surface area contributed by atoms with E-state index in [2.05, 4.69) is 4.72 Å². The summed E-state index contributed by atoms with van der Waals surface area (Å²) in [6, 6.07) is -0.315. The molecule has 0 fully saturated rings. The molecule has 0 bridgehead atoms. The maximum Gasteiger partial charge on any atom is 0.244 e. The lowest BCUT2D eigenvalue weighted by Crippen LogP contribution is -2.36. The predicted octanol–water partition coefficient (Wildman–Crippen LogP) is 1.06. The van der Waals surface area contributed by atoms with Crippen LogP contribution in [-0.4, -0.2) is 27.7 Å². The Hall–Kier alpha value is -0.890. The van der Waals surface area contributed by atoms with Crippen molar-refractivity contribution in [1.82, 2.24) is 4.72 Å². The summed E-state index contributed by atoms with van der Waals surface area (Å²) in [7, 11) is -3.65. The molecule has 0 aliphatic heterocycles. The molecule has 0 aromatic carbocycles. The van der Waals surface area contributed by atoms with Gasteiger partial charge in [0.15, 0.2) is 0 Å². The van der Waals surface area contributed by atoms with E-state index >= 15 is 0 Å². The predicted molar refractivity (Wildman–Crippen MR) is 72.3 cm³/mol. The van der Waals surface area contributed by atoms with Crippen molar-refractivity contribution in [2.45, 2.75) is 45.2 Å². The summed E-state index contributed by atoms with van der Waals surface area (Å²) in [4.78, 5) is 0.149. The normalized spacial score (nSPS) is 13.7. The molecule has 1 aromatic rings. The molecule has 7 heteroatoms. The molecule has 0 amide bonds. The Balaban J connectivity index is 3.01. The molecule has 0 saturated heterocycles. The zero-order chi connectivity index (χ0) is 14.6. The molecule has 1 atom stereocenters. The van der Waals surface area contributed by atoms with Crippen LogP contribution in [0.25, 0.3) is 0 Å². The van der Waals surface area contributed by atoms with Gasteiger partial charge in [-0.3, -0.25) is 0 Å². The highest BCUT2D eigenvalue weighted by Crippen LogP contribution is 2.26. The molecule has 0 saturated carbocycles. The van der Waals surface area contributed by atoms with Crippen LogP contribution in [0, 0.1) is 13.8 Å². The summed E-state index contributed by atoms with van der Waals surface area (Å²) >= 11 is 0. The van der Waals surface area contributed by atoms with Crippen molar-refractivity contribution in [3.8, 4) is 0 Å². The van der Waals surface area contributed by atoms with Gasteiger partial charge in [-0.2, -0.15) is 0 Å². The fourth-order valence-electron chi connectivity index (χ4n) is 1.95. The number of nitrogens with two attached hydrogens (primary N) is 1. The van der Waals surface area contributed by atoms with E-state index in [-0.39, 0.29) is 17.5 Å². The minimum Gasteiger partial charge on any atom is -0.465 e. The Morgan fingerprint density at radius 1 is 1.37 bits per heavy atom. The molecule has 1 aromatic heterocycles. The first-order valence-electron chi connectivity index (χ1n) is 6.22. The van der Waals surface area contributed by atoms with E-state index in [4.69, 9.17) is 14.9 Å². The van der Waals surface area contributed by atoms with Crippen LogP contribution in [0.3, 0.4) is 0 Å². The number of sulfonamides is 1. The van der Waals surface area contributed by atoms with Gasteiger partial charge >= 0.3 is 0 Å². The number of hydrogen-bond acceptors (Lipinski definition) is 5. The van der Waals surface area contributed by atoms with Crippen molar-refractivity contribution >= 4 is 10.0 Å². The summed E-state index contributed by atoms with van der Waals surface area (Å²) in [5.41, 5.74) is 6.12. The van der Waals surface area contributed by atoms with Gasteiger partial charge in [0.25, 0.3) is 0 Å². The summed E-state index contributed by atoms with van der Waals surface area (Å²) < 4.78 is 37.8. The topological polar surface area (TPSA) is 94.6 Å². The van der Waals surface area contributed by atoms with E-state index in [0.29, 0.717) is 30.3 Å². The largest absolute Gasteiger partial charge is 0.465 e. The molecule has 19 heavy (non-hydrogen) atoms. The van der Waals surface area contributed by atoms with E-state index in [1.165, 1.54) is 0 Å². The van der Waals surface area contributed by atoms with Crippen molar-refractivity contribution < 1.29 is 17.6 Å². The Morgan fingerprint density at radius 2 is 2.00 bits per heavy atom. The van der Waals surface area contributed by atoms with Gasteiger partial charge in [-0.1, -0.05) is 0 Å². The number of ether oxygens (including phenoxy) is 1. The quantitative estimate of drug-likeness (QED) is 0.783. The first-order valence-corrected chi connectivity index (χ1v) is 7.70. The maximum atomic E-state index is 12.3. The third-order valence-corrected chi connectivity index (χ3v) is 4.51. The zero-order valence-electron chi connectivity index (χ0n) is 11.8. The molecule has 1 unspecified atom stereocenters. The summed E-state index contributed by atoms with van der Waals surface area (Å²) in [5.74, 6) is 0.895. The molecule has 0 aliphatic rings. The molecule has 110 valence electrons. The second-order valence-corrected chi connectivity index (χ2v) is 6.06. The van der Waals surface area contributed by atoms with E-state index in [1.807, 2.05) is 6.92 Å². The van der Waals surface area contributed by atoms with Crippen molar-refractivity contribution in [3.05, 3.63) is 17.1 Å². The standard InChI is InChI=1S/C12H22N2O4S/c1-5-17-7-8(2)14-19(15,16)12-10(4)18-9(3)11(12)6-13/h8,14H,5-7,13H2,1-4H3. The van der Waals surface area contributed by atoms with Gasteiger partial charge < -0.3 is 14.9 Å². The van der Waals surface area contributed by atoms with E-state index in [1.54, 1.807) is 20.8 Å². The summed E-state index contributed by atoms with van der Waals surface area (Å²) in [5, 5.41) is 0. The summed E-state index contributed by atoms with van der Waals surface area (Å²) in [6.07, 6.45) is 0. The first-order chi connectivity index (χ1) is 8.83. The molecule has 3 N–H and O–H groups in total. The van der Waals surface area contributed by atoms with Gasteiger partial charge in [0, 0.05) is 24.8 Å². The Kier molecular flexibility index (Phi) is 5.54. The average Bonchev–Trinajstić information content (AvgIpc) is 2.60. The molecule has 1 rings (SSSR count). The lowest BCUT2D eigenvalue weighted by Gasteiger charge is -2.14. The van der Waals surface area contributed by atoms with Crippen molar-refractivity contribution in [2.24, 2.45) is 5.73 Å². The molecule has 0 aliphatic carbocycles. The van der Waals surface area contributed by atoms with Crippen LogP contribution in [0.2, 0.25) is 0 Å². The Labute approximate surface area is 114 Å². The van der Waals surface area contributed by atoms with E-state index < -0.39 is 10.0 Å². The molecule has 0 spiro atoms. The van der Waals surface area contributed by atoms with Crippen LogP contribution in [0.5, 0.6) is 0 Å². The second kappa shape index (κ2) is 6.51. The first kappa shape index (κ1) is 16.2. The van der Waals surface area contributed by atoms with Gasteiger partial charge in [0.1, 0.15) is 16.4 Å². The van der Waals surface area contributed by atoms with E-state index in [0.717, 1.165) is 0 Å². The van der Waals surface area contributed by atoms with Crippen LogP contribution < -0.4 is 10.5 Å². The van der Waals surface area contributed by atoms with Gasteiger partial charge in [-0.25, -0.2) is 13.1 Å². The van der Waals surface area contributed by atoms with Gasteiger partial charge in [0.2, 0.25) is 10.0 Å². The lowest BCUT2D eigenvalue weighted by atomic mass is 10.2. The van der Waals surface area contributed by atoms with Crippen molar-refractivity contribution in [1.29, 1.82) is 0 Å². The average molecular weight is 290 g/mol. The maximum absolute atomic E-state index is 12.3. The highest BCUT2D eigenvalue weighted by molar-refractivity contribution is 7.89. The zero-order valence-corrected chi connectivity index (χ0v) is 12.6. The number of nitrogens with one attached hydrogen (secondary N) is 1. The van der Waals surface area contributed by atoms with Crippen LogP contribution in [-0.2, 0) is 21.3 Å². The van der Waals surface area contributed by atoms with Crippen LogP contribution in [0.1, 0.15) is 30.9 Å². The highest BCUT2D eigenvalue weighted by atomic mass is 32.2. The summed E-state index contributed by atoms with van der Waals surface area (Å²) in [6.45, 7) is 7.92. The van der Waals surface area contributed by atoms with Crippen molar-refractivity contribution in [2.75, 3.05) is 13.2 Å². The van der Waals surface area contributed by atoms with Gasteiger partial charge in [0.05, 0.1) is 6.61 Å². The Morgan fingerprint density at radius 3 is 2.53 bits per heavy atom. The third-order valence-electron chi connectivity index (χ3n) is 2.73. The third kappa shape index (κ3) is 3.79. The number of furan rings is 1. The minimum atomic E-state index is -3.65. The fourth-order valence-corrected chi connectivity index (χ4v) is 3.64.